The SMILES string of the molecule is COc1ccc(-c2nc3nccc(-c4ccccc4OC)n3n2)cc1. The molecule has 0 saturated carbocycles. The molecule has 0 aliphatic carbocycles. The van der Waals surface area contributed by atoms with E-state index in [1.807, 2.05) is 54.6 Å². The summed E-state index contributed by atoms with van der Waals surface area (Å²) >= 11 is 0. The molecule has 4 aromatic rings. The molecule has 0 amide bonds. The van der Waals surface area contributed by atoms with Gasteiger partial charge in [-0.3, -0.25) is 0 Å². The second-order valence-corrected chi connectivity index (χ2v) is 5.41. The quantitative estimate of drug-likeness (QED) is 0.572. The van der Waals surface area contributed by atoms with Crippen LogP contribution in [0.1, 0.15) is 0 Å². The van der Waals surface area contributed by atoms with Crippen LogP contribution in [0.2, 0.25) is 0 Å². The molecule has 0 bridgehead atoms. The zero-order valence-corrected chi connectivity index (χ0v) is 13.9. The highest BCUT2D eigenvalue weighted by molar-refractivity contribution is 5.69. The smallest absolute Gasteiger partial charge is 0.253 e. The fourth-order valence-corrected chi connectivity index (χ4v) is 2.72. The summed E-state index contributed by atoms with van der Waals surface area (Å²) in [6.07, 6.45) is 1.73. The van der Waals surface area contributed by atoms with Gasteiger partial charge in [0.05, 0.1) is 19.9 Å². The summed E-state index contributed by atoms with van der Waals surface area (Å²) in [5.41, 5.74) is 2.70. The molecule has 2 aromatic heterocycles. The van der Waals surface area contributed by atoms with Crippen LogP contribution in [0.5, 0.6) is 11.5 Å². The standard InChI is InChI=1S/C19H16N4O2/c1-24-14-9-7-13(8-10-14)18-21-19-20-12-11-16(23(19)22-18)15-5-3-4-6-17(15)25-2/h3-12H,1-2H3. The Morgan fingerprint density at radius 1 is 0.880 bits per heavy atom. The van der Waals surface area contributed by atoms with Crippen molar-refractivity contribution in [1.82, 2.24) is 19.6 Å². The molecule has 0 aliphatic rings. The van der Waals surface area contributed by atoms with E-state index in [1.54, 1.807) is 24.9 Å². The molecule has 0 unspecified atom stereocenters. The van der Waals surface area contributed by atoms with E-state index in [2.05, 4.69) is 15.1 Å². The highest BCUT2D eigenvalue weighted by Gasteiger charge is 2.14. The Balaban J connectivity index is 1.86. The fraction of sp³-hybridized carbons (Fsp3) is 0.105. The molecule has 4 rings (SSSR count). The Hall–Kier alpha value is -3.41. The maximum atomic E-state index is 5.47. The summed E-state index contributed by atoms with van der Waals surface area (Å²) in [6.45, 7) is 0. The second kappa shape index (κ2) is 6.24. The lowest BCUT2D eigenvalue weighted by Crippen LogP contribution is -1.97. The van der Waals surface area contributed by atoms with E-state index in [4.69, 9.17) is 9.47 Å². The number of para-hydroxylation sites is 1. The van der Waals surface area contributed by atoms with Gasteiger partial charge in [-0.05, 0) is 42.5 Å². The summed E-state index contributed by atoms with van der Waals surface area (Å²) in [5, 5.41) is 4.64. The summed E-state index contributed by atoms with van der Waals surface area (Å²) in [5.74, 6) is 2.71. The van der Waals surface area contributed by atoms with Crippen molar-refractivity contribution >= 4 is 5.78 Å². The first-order valence-corrected chi connectivity index (χ1v) is 7.80. The number of methoxy groups -OCH3 is 2. The average molecular weight is 332 g/mol. The zero-order chi connectivity index (χ0) is 17.2. The minimum Gasteiger partial charge on any atom is -0.497 e. The molecule has 2 aromatic carbocycles. The lowest BCUT2D eigenvalue weighted by molar-refractivity contribution is 0.415. The van der Waals surface area contributed by atoms with Crippen LogP contribution in [0, 0.1) is 0 Å². The van der Waals surface area contributed by atoms with E-state index >= 15 is 0 Å². The van der Waals surface area contributed by atoms with Gasteiger partial charge in [-0.1, -0.05) is 12.1 Å². The van der Waals surface area contributed by atoms with E-state index in [0.717, 1.165) is 28.3 Å². The average Bonchev–Trinajstić information content (AvgIpc) is 3.12. The molecule has 0 fully saturated rings. The first kappa shape index (κ1) is 15.1. The van der Waals surface area contributed by atoms with Crippen molar-refractivity contribution in [3.8, 4) is 34.1 Å². The minimum atomic E-state index is 0.536. The van der Waals surface area contributed by atoms with Gasteiger partial charge in [-0.25, -0.2) is 4.98 Å². The predicted octanol–water partition coefficient (Wildman–Crippen LogP) is 3.48. The first-order valence-electron chi connectivity index (χ1n) is 7.80. The van der Waals surface area contributed by atoms with Gasteiger partial charge < -0.3 is 9.47 Å². The molecule has 0 saturated heterocycles. The van der Waals surface area contributed by atoms with E-state index < -0.39 is 0 Å². The van der Waals surface area contributed by atoms with Gasteiger partial charge in [-0.15, -0.1) is 5.10 Å². The largest absolute Gasteiger partial charge is 0.497 e. The Bertz CT molecular complexity index is 1030. The lowest BCUT2D eigenvalue weighted by atomic mass is 10.1. The van der Waals surface area contributed by atoms with Gasteiger partial charge in [-0.2, -0.15) is 9.50 Å². The summed E-state index contributed by atoms with van der Waals surface area (Å²) in [7, 11) is 3.29. The van der Waals surface area contributed by atoms with Crippen LogP contribution in [-0.4, -0.2) is 33.8 Å². The molecule has 25 heavy (non-hydrogen) atoms. The Morgan fingerprint density at radius 2 is 1.68 bits per heavy atom. The van der Waals surface area contributed by atoms with Gasteiger partial charge in [0.15, 0.2) is 5.82 Å². The van der Waals surface area contributed by atoms with Gasteiger partial charge in [0, 0.05) is 17.3 Å². The molecule has 6 nitrogen and oxygen atoms in total. The number of benzene rings is 2. The van der Waals surface area contributed by atoms with Crippen LogP contribution in [0.4, 0.5) is 0 Å². The Morgan fingerprint density at radius 3 is 2.44 bits per heavy atom. The number of nitrogens with zero attached hydrogens (tertiary/aromatic N) is 4. The van der Waals surface area contributed by atoms with Gasteiger partial charge in [0.1, 0.15) is 11.5 Å². The van der Waals surface area contributed by atoms with Gasteiger partial charge >= 0.3 is 0 Å². The summed E-state index contributed by atoms with van der Waals surface area (Å²) in [6, 6.07) is 17.3. The monoisotopic (exact) mass is 332 g/mol. The number of rotatable bonds is 4. The highest BCUT2D eigenvalue weighted by atomic mass is 16.5. The van der Waals surface area contributed by atoms with Crippen molar-refractivity contribution in [2.75, 3.05) is 14.2 Å². The zero-order valence-electron chi connectivity index (χ0n) is 13.9. The fourth-order valence-electron chi connectivity index (χ4n) is 2.72. The summed E-state index contributed by atoms with van der Waals surface area (Å²) in [4.78, 5) is 8.87. The van der Waals surface area contributed by atoms with Crippen molar-refractivity contribution in [3.63, 3.8) is 0 Å². The summed E-state index contributed by atoms with van der Waals surface area (Å²) < 4.78 is 12.4. The lowest BCUT2D eigenvalue weighted by Gasteiger charge is -2.08. The molecule has 0 atom stereocenters. The molecule has 124 valence electrons. The molecule has 0 spiro atoms. The molecular formula is C19H16N4O2. The van der Waals surface area contributed by atoms with Crippen LogP contribution >= 0.6 is 0 Å². The molecule has 0 N–H and O–H groups in total. The Labute approximate surface area is 144 Å². The topological polar surface area (TPSA) is 61.5 Å². The number of hydrogen-bond acceptors (Lipinski definition) is 5. The van der Waals surface area contributed by atoms with E-state index in [0.29, 0.717) is 11.6 Å². The third kappa shape index (κ3) is 2.67. The van der Waals surface area contributed by atoms with E-state index in [-0.39, 0.29) is 0 Å². The predicted molar refractivity (Wildman–Crippen MR) is 94.8 cm³/mol. The normalized spacial score (nSPS) is 10.8. The van der Waals surface area contributed by atoms with Crippen LogP contribution in [0.25, 0.3) is 28.4 Å². The van der Waals surface area contributed by atoms with Crippen LogP contribution in [0.3, 0.4) is 0 Å². The third-order valence-corrected chi connectivity index (χ3v) is 3.97. The van der Waals surface area contributed by atoms with E-state index in [1.165, 1.54) is 0 Å². The van der Waals surface area contributed by atoms with Crippen molar-refractivity contribution in [2.24, 2.45) is 0 Å². The van der Waals surface area contributed by atoms with Crippen molar-refractivity contribution < 1.29 is 9.47 Å². The maximum Gasteiger partial charge on any atom is 0.253 e. The second-order valence-electron chi connectivity index (χ2n) is 5.41. The number of fused-ring (bicyclic) bond motifs is 1. The maximum absolute atomic E-state index is 5.47. The molecule has 2 heterocycles. The van der Waals surface area contributed by atoms with Crippen LogP contribution < -0.4 is 9.47 Å². The third-order valence-electron chi connectivity index (χ3n) is 3.97. The van der Waals surface area contributed by atoms with Crippen molar-refractivity contribution in [1.29, 1.82) is 0 Å². The molecule has 0 aliphatic heterocycles. The molecule has 6 heteroatoms. The number of aromatic nitrogens is 4. The minimum absolute atomic E-state index is 0.536. The van der Waals surface area contributed by atoms with Crippen molar-refractivity contribution in [2.45, 2.75) is 0 Å². The number of hydrogen-bond donors (Lipinski definition) is 0. The van der Waals surface area contributed by atoms with Crippen LogP contribution in [0.15, 0.2) is 60.8 Å². The molecular weight excluding hydrogens is 316 g/mol. The first-order chi connectivity index (χ1) is 12.3. The highest BCUT2D eigenvalue weighted by Crippen LogP contribution is 2.30. The molecule has 0 radical (unpaired) electrons. The van der Waals surface area contributed by atoms with Gasteiger partial charge in [0.25, 0.3) is 5.78 Å². The van der Waals surface area contributed by atoms with Gasteiger partial charge in [0.2, 0.25) is 0 Å². The van der Waals surface area contributed by atoms with Crippen molar-refractivity contribution in [3.05, 3.63) is 60.8 Å². The Kier molecular flexibility index (Phi) is 3.78. The number of ether oxygens (including phenoxy) is 2. The van der Waals surface area contributed by atoms with E-state index in [9.17, 15) is 0 Å². The van der Waals surface area contributed by atoms with Crippen LogP contribution in [-0.2, 0) is 0 Å².